The normalized spacial score (nSPS) is 11.2. The lowest BCUT2D eigenvalue weighted by molar-refractivity contribution is 1.10. The molecule has 3 aromatic heterocycles. The molecule has 0 aliphatic rings. The third-order valence-electron chi connectivity index (χ3n) is 21.2. The molecule has 109 heavy (non-hydrogen) atoms. The number of benzene rings is 18. The maximum Gasteiger partial charge on any atom is 0.145 e. The number of fused-ring (bicyclic) bond motifs is 10. The molecule has 18 aromatic carbocycles. The predicted octanol–water partition coefficient (Wildman–Crippen LogP) is 29.8. The molecule has 0 bridgehead atoms. The lowest BCUT2D eigenvalue weighted by atomic mass is 9.84. The minimum Gasteiger partial charge on any atom is -0.292 e. The van der Waals surface area contributed by atoms with Crippen LogP contribution in [-0.2, 0) is 0 Å². The van der Waals surface area contributed by atoms with Gasteiger partial charge < -0.3 is 0 Å². The number of para-hydroxylation sites is 4. The number of imidazole rings is 1. The van der Waals surface area contributed by atoms with Crippen LogP contribution in [0.3, 0.4) is 0 Å². The molecule has 0 radical (unpaired) electrons. The Morgan fingerprint density at radius 1 is 0.193 bits per heavy atom. The first-order chi connectivity index (χ1) is 52.0. The number of hydrogen-bond donors (Lipinski definition) is 0. The number of pyridine rings is 2. The summed E-state index contributed by atoms with van der Waals surface area (Å²) < 4.78 is 2.26. The second kappa shape index (κ2) is 29.2. The van der Waals surface area contributed by atoms with Crippen LogP contribution >= 0.6 is 0 Å². The van der Waals surface area contributed by atoms with Gasteiger partial charge in [0, 0.05) is 40.2 Å². The number of aromatic nitrogens is 4. The molecule has 0 atom stereocenters. The first-order valence-corrected chi connectivity index (χ1v) is 35.9. The van der Waals surface area contributed by atoms with Crippen LogP contribution in [0.4, 0.5) is 0 Å². The quantitative estimate of drug-likeness (QED) is 0.135. The molecule has 4 nitrogen and oxygen atoms in total. The molecule has 0 unspecified atom stereocenters. The Kier molecular flexibility index (Phi) is 18.6. The third-order valence-corrected chi connectivity index (χ3v) is 21.2. The molecule has 4 heteroatoms. The Labute approximate surface area is 636 Å². The number of rotatable bonds is 9. The zero-order chi connectivity index (χ0) is 69.3. The third kappa shape index (κ3) is 12.5. The van der Waals surface area contributed by atoms with Crippen molar-refractivity contribution in [3.05, 3.63) is 389 Å². The minimum atomic E-state index is 0. The van der Waals surface area contributed by atoms with Crippen LogP contribution in [0, 0.1) is 0 Å². The van der Waals surface area contributed by atoms with E-state index >= 15 is 0 Å². The van der Waals surface area contributed by atoms with Gasteiger partial charge >= 0.3 is 0 Å². The van der Waals surface area contributed by atoms with Gasteiger partial charge in [-0.25, -0.2) is 4.98 Å². The van der Waals surface area contributed by atoms with E-state index < -0.39 is 0 Å². The van der Waals surface area contributed by atoms with Gasteiger partial charge in [-0.3, -0.25) is 14.5 Å². The van der Waals surface area contributed by atoms with Crippen LogP contribution in [0.25, 0.3) is 203 Å². The maximum absolute atomic E-state index is 5.12. The highest BCUT2D eigenvalue weighted by atomic mass is 15.1. The standard InChI is InChI=1S/C53H34N2.C48H30N2.4CH4/c1-2-16-44(17-3-1)55-50-21-11-10-20-49(50)54-53(55)38-26-22-37(23-27-38)41-30-31-47-48(34-41)52(43-29-25-36-13-5-7-15-40(36)33-43)46-19-9-8-18-45(46)51(47)42-28-24-35-12-4-6-14-39(35)32-42;1-3-11-33-25-37(19-17-31(33)9-1)47-41-14-6-7-15-42(41)48(38-20-18-32-10-2-4-12-34(32)26-38)44-28-35(21-23-43(44)47)39-22-24-46(49-29-39)40-27-36-13-5-8-16-45(36)50-30-40;;;;/h1-34H;1-30H;4*1H4. The van der Waals surface area contributed by atoms with Gasteiger partial charge in [0.25, 0.3) is 0 Å². The molecule has 21 aromatic rings. The van der Waals surface area contributed by atoms with Gasteiger partial charge in [-0.15, -0.1) is 0 Å². The average Bonchev–Trinajstić information content (AvgIpc) is 1.70. The summed E-state index contributed by atoms with van der Waals surface area (Å²) in [4.78, 5) is 14.7. The molecule has 0 aliphatic carbocycles. The lowest BCUT2D eigenvalue weighted by Crippen LogP contribution is -1.97. The zero-order valence-corrected chi connectivity index (χ0v) is 57.2. The fourth-order valence-electron chi connectivity index (χ4n) is 16.2. The van der Waals surface area contributed by atoms with Crippen molar-refractivity contribution in [1.29, 1.82) is 0 Å². The summed E-state index contributed by atoms with van der Waals surface area (Å²) in [5.41, 5.74) is 21.6. The molecule has 0 amide bonds. The van der Waals surface area contributed by atoms with E-state index in [0.717, 1.165) is 67.0 Å². The predicted molar refractivity (Wildman–Crippen MR) is 471 cm³/mol. The van der Waals surface area contributed by atoms with E-state index in [0.29, 0.717) is 0 Å². The van der Waals surface area contributed by atoms with Gasteiger partial charge in [0.05, 0.1) is 22.2 Å². The molecule has 0 spiro atoms. The maximum atomic E-state index is 5.12. The molecular weight excluding hydrogens is 1320 g/mol. The molecule has 0 saturated carbocycles. The van der Waals surface area contributed by atoms with Gasteiger partial charge in [0.1, 0.15) is 5.82 Å². The van der Waals surface area contributed by atoms with Crippen molar-refractivity contribution in [2.75, 3.05) is 0 Å². The van der Waals surface area contributed by atoms with Crippen molar-refractivity contribution in [1.82, 2.24) is 19.5 Å². The lowest BCUT2D eigenvalue weighted by Gasteiger charge is -2.19. The van der Waals surface area contributed by atoms with Gasteiger partial charge in [-0.05, 0) is 226 Å². The fourth-order valence-corrected chi connectivity index (χ4v) is 16.2. The van der Waals surface area contributed by atoms with E-state index in [4.69, 9.17) is 9.97 Å². The summed E-state index contributed by atoms with van der Waals surface area (Å²) in [6, 6.07) is 136. The van der Waals surface area contributed by atoms with E-state index in [2.05, 4.69) is 367 Å². The second-order valence-electron chi connectivity index (χ2n) is 27.4. The largest absolute Gasteiger partial charge is 0.292 e. The summed E-state index contributed by atoms with van der Waals surface area (Å²) >= 11 is 0. The molecule has 21 rings (SSSR count). The summed E-state index contributed by atoms with van der Waals surface area (Å²) in [6.45, 7) is 0. The fraction of sp³-hybridized carbons (Fsp3) is 0.0381. The van der Waals surface area contributed by atoms with Crippen molar-refractivity contribution < 1.29 is 0 Å². The SMILES string of the molecule is C.C.C.C.c1ccc(-n2c(-c3ccc(-c4ccc5c(-c6ccc7ccccc7c6)c6ccccc6c(-c6ccc7ccccc7c6)c5c4)cc3)nc3ccccc32)cc1.c1ccc2cc(-c3c4ccccc4c(-c4ccc5ccccc5c4)c4cc(-c5ccc(-c6cnc7ccccc7c6)nc5)ccc34)ccc2c1. The number of hydrogen-bond acceptors (Lipinski definition) is 3. The first-order valence-electron chi connectivity index (χ1n) is 35.9. The van der Waals surface area contributed by atoms with Crippen LogP contribution in [0.15, 0.2) is 389 Å². The van der Waals surface area contributed by atoms with Gasteiger partial charge in [-0.1, -0.05) is 327 Å². The van der Waals surface area contributed by atoms with Crippen LogP contribution in [-0.4, -0.2) is 19.5 Å². The molecule has 0 fully saturated rings. The van der Waals surface area contributed by atoms with Crippen molar-refractivity contribution in [2.24, 2.45) is 0 Å². The first kappa shape index (κ1) is 69.4. The molecule has 3 heterocycles. The molecular formula is C105H80N4. The van der Waals surface area contributed by atoms with Crippen LogP contribution in [0.2, 0.25) is 0 Å². The van der Waals surface area contributed by atoms with Crippen molar-refractivity contribution >= 4 is 108 Å². The van der Waals surface area contributed by atoms with Crippen molar-refractivity contribution in [3.8, 4) is 95.1 Å². The van der Waals surface area contributed by atoms with E-state index in [-0.39, 0.29) is 29.7 Å². The van der Waals surface area contributed by atoms with Crippen LogP contribution in [0.1, 0.15) is 29.7 Å². The average molecular weight is 1400 g/mol. The Hall–Kier alpha value is -13.9. The van der Waals surface area contributed by atoms with Gasteiger partial charge in [0.2, 0.25) is 0 Å². The summed E-state index contributed by atoms with van der Waals surface area (Å²) in [5.74, 6) is 0.933. The second-order valence-corrected chi connectivity index (χ2v) is 27.4. The molecule has 0 N–H and O–H groups in total. The topological polar surface area (TPSA) is 43.6 Å². The zero-order valence-electron chi connectivity index (χ0n) is 57.2. The minimum absolute atomic E-state index is 0. The number of nitrogens with zero attached hydrogens (tertiary/aromatic N) is 4. The Morgan fingerprint density at radius 2 is 0.523 bits per heavy atom. The van der Waals surface area contributed by atoms with Crippen LogP contribution in [0.5, 0.6) is 0 Å². The summed E-state index contributed by atoms with van der Waals surface area (Å²) in [6.07, 6.45) is 3.91. The molecule has 520 valence electrons. The van der Waals surface area contributed by atoms with Crippen molar-refractivity contribution in [2.45, 2.75) is 29.7 Å². The van der Waals surface area contributed by atoms with E-state index in [1.807, 2.05) is 30.6 Å². The van der Waals surface area contributed by atoms with Crippen molar-refractivity contribution in [3.63, 3.8) is 0 Å². The smallest absolute Gasteiger partial charge is 0.145 e. The Morgan fingerprint density at radius 3 is 0.982 bits per heavy atom. The van der Waals surface area contributed by atoms with Crippen LogP contribution < -0.4 is 0 Å². The highest BCUT2D eigenvalue weighted by molar-refractivity contribution is 6.24. The monoisotopic (exact) mass is 1400 g/mol. The molecule has 0 saturated heterocycles. The van der Waals surface area contributed by atoms with E-state index in [9.17, 15) is 0 Å². The van der Waals surface area contributed by atoms with Gasteiger partial charge in [-0.2, -0.15) is 0 Å². The van der Waals surface area contributed by atoms with E-state index in [1.165, 1.54) is 136 Å². The highest BCUT2D eigenvalue weighted by Gasteiger charge is 2.22. The Balaban J connectivity index is 0.000000161. The summed E-state index contributed by atoms with van der Waals surface area (Å²) in [7, 11) is 0. The van der Waals surface area contributed by atoms with Gasteiger partial charge in [0.15, 0.2) is 0 Å². The Bertz CT molecular complexity index is 7010. The summed E-state index contributed by atoms with van der Waals surface area (Å²) in [5, 5.41) is 21.0. The molecule has 0 aliphatic heterocycles. The highest BCUT2D eigenvalue weighted by Crippen LogP contribution is 2.49. The van der Waals surface area contributed by atoms with E-state index in [1.54, 1.807) is 0 Å².